The van der Waals surface area contributed by atoms with E-state index in [1.807, 2.05) is 43.3 Å². The van der Waals surface area contributed by atoms with E-state index in [-0.39, 0.29) is 17.5 Å². The Morgan fingerprint density at radius 1 is 1.11 bits per heavy atom. The highest BCUT2D eigenvalue weighted by atomic mass is 16.5. The zero-order valence-corrected chi connectivity index (χ0v) is 20.5. The van der Waals surface area contributed by atoms with Gasteiger partial charge in [-0.3, -0.25) is 19.1 Å². The number of rotatable bonds is 9. The van der Waals surface area contributed by atoms with Crippen LogP contribution in [0.1, 0.15) is 41.6 Å². The quantitative estimate of drug-likeness (QED) is 0.511. The Morgan fingerprint density at radius 2 is 1.97 bits per heavy atom. The van der Waals surface area contributed by atoms with Gasteiger partial charge < -0.3 is 14.8 Å². The lowest BCUT2D eigenvalue weighted by Gasteiger charge is -2.23. The molecule has 0 unspecified atom stereocenters. The van der Waals surface area contributed by atoms with Crippen molar-refractivity contribution in [3.8, 4) is 11.4 Å². The van der Waals surface area contributed by atoms with Crippen molar-refractivity contribution in [2.24, 2.45) is 0 Å². The Morgan fingerprint density at radius 3 is 2.77 bits per heavy atom. The average molecular weight is 476 g/mol. The standard InChI is InChI=1S/C28H33N3O4/c1-19-5-6-21(27(32)29-22-8-9-22)16-26(19)31-13-11-20-7-10-24(17-25(20)28(31)33)35-15-14-30-12-3-4-23(30)18-34-2/h5-7,10-11,13,16-17,22-23H,3-4,8-9,12,14-15,18H2,1-2H3,(H,29,32)/t23-/m0/s1. The predicted octanol–water partition coefficient (Wildman–Crippen LogP) is 3.68. The number of amides is 1. The summed E-state index contributed by atoms with van der Waals surface area (Å²) in [6.45, 7) is 5.16. The van der Waals surface area contributed by atoms with Crippen LogP contribution in [-0.4, -0.2) is 60.9 Å². The molecular formula is C28H33N3O4. The number of aromatic nitrogens is 1. The van der Waals surface area contributed by atoms with Gasteiger partial charge in [0.2, 0.25) is 0 Å². The van der Waals surface area contributed by atoms with Gasteiger partial charge in [-0.25, -0.2) is 0 Å². The lowest BCUT2D eigenvalue weighted by molar-refractivity contribution is 0.0951. The first-order valence-electron chi connectivity index (χ1n) is 12.5. The molecule has 3 aromatic rings. The van der Waals surface area contributed by atoms with Gasteiger partial charge in [-0.05, 0) is 80.4 Å². The van der Waals surface area contributed by atoms with Crippen LogP contribution in [-0.2, 0) is 4.74 Å². The van der Waals surface area contributed by atoms with E-state index >= 15 is 0 Å². The minimum absolute atomic E-state index is 0.0935. The SMILES string of the molecule is COC[C@@H]1CCCN1CCOc1ccc2ccn(-c3cc(C(=O)NC4CC4)ccc3C)c(=O)c2c1. The molecule has 1 aliphatic heterocycles. The minimum Gasteiger partial charge on any atom is -0.492 e. The van der Waals surface area contributed by atoms with Gasteiger partial charge in [0.1, 0.15) is 12.4 Å². The highest BCUT2D eigenvalue weighted by Gasteiger charge is 2.25. The van der Waals surface area contributed by atoms with Gasteiger partial charge in [0, 0.05) is 37.5 Å². The van der Waals surface area contributed by atoms with Gasteiger partial charge in [-0.1, -0.05) is 12.1 Å². The number of hydrogen-bond donors (Lipinski definition) is 1. The lowest BCUT2D eigenvalue weighted by atomic mass is 10.1. The summed E-state index contributed by atoms with van der Waals surface area (Å²) >= 11 is 0. The molecule has 0 spiro atoms. The number of pyridine rings is 1. The largest absolute Gasteiger partial charge is 0.492 e. The zero-order chi connectivity index (χ0) is 24.4. The molecule has 35 heavy (non-hydrogen) atoms. The van der Waals surface area contributed by atoms with E-state index in [2.05, 4.69) is 10.2 Å². The van der Waals surface area contributed by atoms with Crippen LogP contribution in [0, 0.1) is 6.92 Å². The first kappa shape index (κ1) is 23.6. The molecule has 1 saturated carbocycles. The number of nitrogens with one attached hydrogen (secondary N) is 1. The van der Waals surface area contributed by atoms with Crippen LogP contribution in [0.25, 0.3) is 16.5 Å². The lowest BCUT2D eigenvalue weighted by Crippen LogP contribution is -2.35. The number of hydrogen-bond acceptors (Lipinski definition) is 5. The van der Waals surface area contributed by atoms with Crippen molar-refractivity contribution in [3.05, 3.63) is 70.1 Å². The van der Waals surface area contributed by atoms with Crippen LogP contribution in [0.4, 0.5) is 0 Å². The third-order valence-corrected chi connectivity index (χ3v) is 7.03. The van der Waals surface area contributed by atoms with E-state index in [4.69, 9.17) is 9.47 Å². The van der Waals surface area contributed by atoms with Crippen LogP contribution in [0.15, 0.2) is 53.5 Å². The number of benzene rings is 2. The molecule has 1 aromatic heterocycles. The normalized spacial score (nSPS) is 18.2. The molecular weight excluding hydrogens is 442 g/mol. The molecule has 2 aliphatic rings. The first-order valence-corrected chi connectivity index (χ1v) is 12.5. The summed E-state index contributed by atoms with van der Waals surface area (Å²) in [5.41, 5.74) is 2.08. The van der Waals surface area contributed by atoms with E-state index in [9.17, 15) is 9.59 Å². The fourth-order valence-corrected chi connectivity index (χ4v) is 4.86. The summed E-state index contributed by atoms with van der Waals surface area (Å²) in [6, 6.07) is 13.8. The molecule has 1 aliphatic carbocycles. The number of likely N-dealkylation sites (tertiary alicyclic amines) is 1. The van der Waals surface area contributed by atoms with E-state index in [1.165, 1.54) is 6.42 Å². The molecule has 7 nitrogen and oxygen atoms in total. The summed E-state index contributed by atoms with van der Waals surface area (Å²) in [5, 5.41) is 4.47. The molecule has 184 valence electrons. The van der Waals surface area contributed by atoms with Crippen molar-refractivity contribution in [1.82, 2.24) is 14.8 Å². The summed E-state index contributed by atoms with van der Waals surface area (Å²) < 4.78 is 13.0. The topological polar surface area (TPSA) is 72.8 Å². The van der Waals surface area contributed by atoms with Gasteiger partial charge in [0.15, 0.2) is 0 Å². The third-order valence-electron chi connectivity index (χ3n) is 7.03. The second kappa shape index (κ2) is 10.2. The van der Waals surface area contributed by atoms with Crippen LogP contribution in [0.5, 0.6) is 5.75 Å². The van der Waals surface area contributed by atoms with E-state index in [1.54, 1.807) is 23.9 Å². The number of fused-ring (bicyclic) bond motifs is 1. The van der Waals surface area contributed by atoms with E-state index < -0.39 is 0 Å². The second-order valence-electron chi connectivity index (χ2n) is 9.62. The van der Waals surface area contributed by atoms with Gasteiger partial charge in [0.25, 0.3) is 11.5 Å². The maximum Gasteiger partial charge on any atom is 0.263 e. The Kier molecular flexibility index (Phi) is 6.88. The number of ether oxygens (including phenoxy) is 2. The van der Waals surface area contributed by atoms with Crippen molar-refractivity contribution in [2.75, 3.05) is 33.4 Å². The van der Waals surface area contributed by atoms with Crippen LogP contribution < -0.4 is 15.6 Å². The first-order chi connectivity index (χ1) is 17.0. The number of carbonyl (C=O) groups excluding carboxylic acids is 1. The average Bonchev–Trinajstić information content (AvgIpc) is 3.57. The number of carbonyl (C=O) groups is 1. The number of nitrogens with zero attached hydrogens (tertiary/aromatic N) is 2. The summed E-state index contributed by atoms with van der Waals surface area (Å²) in [4.78, 5) is 28.5. The van der Waals surface area contributed by atoms with Gasteiger partial charge in [0.05, 0.1) is 17.7 Å². The summed E-state index contributed by atoms with van der Waals surface area (Å²) in [7, 11) is 1.75. The minimum atomic E-state index is -0.129. The molecule has 2 aromatic carbocycles. The summed E-state index contributed by atoms with van der Waals surface area (Å²) in [6.07, 6.45) is 6.19. The zero-order valence-electron chi connectivity index (χ0n) is 20.5. The van der Waals surface area contributed by atoms with Crippen molar-refractivity contribution >= 4 is 16.7 Å². The Bertz CT molecular complexity index is 1280. The Labute approximate surface area is 205 Å². The monoisotopic (exact) mass is 475 g/mol. The fraction of sp³-hybridized carbons (Fsp3) is 0.429. The van der Waals surface area contributed by atoms with Crippen molar-refractivity contribution in [3.63, 3.8) is 0 Å². The third kappa shape index (κ3) is 5.26. The molecule has 1 amide bonds. The second-order valence-corrected chi connectivity index (χ2v) is 9.62. The number of aryl methyl sites for hydroxylation is 1. The van der Waals surface area contributed by atoms with E-state index in [0.717, 1.165) is 49.9 Å². The summed E-state index contributed by atoms with van der Waals surface area (Å²) in [5.74, 6) is 0.591. The van der Waals surface area contributed by atoms with Gasteiger partial charge >= 0.3 is 0 Å². The van der Waals surface area contributed by atoms with Crippen LogP contribution in [0.2, 0.25) is 0 Å². The number of methoxy groups -OCH3 is 1. The Balaban J connectivity index is 1.36. The molecule has 7 heteroatoms. The molecule has 1 N–H and O–H groups in total. The van der Waals surface area contributed by atoms with Gasteiger partial charge in [-0.2, -0.15) is 0 Å². The fourth-order valence-electron chi connectivity index (χ4n) is 4.86. The van der Waals surface area contributed by atoms with Gasteiger partial charge in [-0.15, -0.1) is 0 Å². The molecule has 2 heterocycles. The van der Waals surface area contributed by atoms with Crippen molar-refractivity contribution in [2.45, 2.75) is 44.7 Å². The van der Waals surface area contributed by atoms with E-state index in [0.29, 0.717) is 35.0 Å². The molecule has 5 rings (SSSR count). The van der Waals surface area contributed by atoms with Crippen LogP contribution >= 0.6 is 0 Å². The smallest absolute Gasteiger partial charge is 0.263 e. The highest BCUT2D eigenvalue weighted by molar-refractivity contribution is 5.95. The van der Waals surface area contributed by atoms with Crippen molar-refractivity contribution < 1.29 is 14.3 Å². The molecule has 1 atom stereocenters. The molecule has 2 fully saturated rings. The highest BCUT2D eigenvalue weighted by Crippen LogP contribution is 2.23. The molecule has 0 radical (unpaired) electrons. The maximum absolute atomic E-state index is 13.5. The predicted molar refractivity (Wildman–Crippen MR) is 137 cm³/mol. The van der Waals surface area contributed by atoms with Crippen LogP contribution in [0.3, 0.4) is 0 Å². The maximum atomic E-state index is 13.5. The Hall–Kier alpha value is -3.16. The van der Waals surface area contributed by atoms with Crippen molar-refractivity contribution in [1.29, 1.82) is 0 Å². The molecule has 1 saturated heterocycles. The molecule has 0 bridgehead atoms.